The number of nitrogens with zero attached hydrogens (tertiary/aromatic N) is 1. The Morgan fingerprint density at radius 2 is 1.93 bits per heavy atom. The number of esters is 1. The summed E-state index contributed by atoms with van der Waals surface area (Å²) < 4.78 is 5.18. The van der Waals surface area contributed by atoms with E-state index in [4.69, 9.17) is 16.3 Å². The van der Waals surface area contributed by atoms with Crippen LogP contribution in [-0.2, 0) is 20.7 Å². The summed E-state index contributed by atoms with van der Waals surface area (Å²) in [5.41, 5.74) is 0.540. The molecule has 0 saturated heterocycles. The Kier molecular flexibility index (Phi) is 5.52. The van der Waals surface area contributed by atoms with Gasteiger partial charge >= 0.3 is 5.97 Å². The van der Waals surface area contributed by atoms with Gasteiger partial charge in [-0.15, -0.1) is 0 Å². The number of hydrogen-bond acceptors (Lipinski definition) is 5. The molecule has 1 unspecified atom stereocenters. The van der Waals surface area contributed by atoms with Crippen LogP contribution in [0.15, 0.2) is 53.3 Å². The third kappa shape index (κ3) is 4.51. The maximum absolute atomic E-state index is 12.2. The summed E-state index contributed by atoms with van der Waals surface area (Å²) in [7, 11) is 0. The first-order chi connectivity index (χ1) is 12.9. The number of carbonyl (C=O) groups is 2. The number of rotatable bonds is 5. The summed E-state index contributed by atoms with van der Waals surface area (Å²) in [5, 5.41) is 10.4. The second-order valence-corrected chi connectivity index (χ2v) is 6.29. The van der Waals surface area contributed by atoms with Crippen LogP contribution in [0.4, 0.5) is 5.69 Å². The maximum atomic E-state index is 12.2. The second-order valence-electron chi connectivity index (χ2n) is 5.85. The molecule has 138 valence electrons. The lowest BCUT2D eigenvalue weighted by molar-refractivity contribution is -0.152. The van der Waals surface area contributed by atoms with Gasteiger partial charge in [-0.25, -0.2) is 5.10 Å². The minimum absolute atomic E-state index is 0.175. The van der Waals surface area contributed by atoms with Crippen LogP contribution in [0, 0.1) is 0 Å². The van der Waals surface area contributed by atoms with Crippen molar-refractivity contribution in [1.82, 2.24) is 10.2 Å². The average molecular weight is 386 g/mol. The van der Waals surface area contributed by atoms with Crippen LogP contribution >= 0.6 is 11.6 Å². The van der Waals surface area contributed by atoms with Crippen LogP contribution in [0.25, 0.3) is 10.8 Å². The Morgan fingerprint density at radius 1 is 1.19 bits per heavy atom. The molecule has 1 amide bonds. The largest absolute Gasteiger partial charge is 0.452 e. The molecule has 1 heterocycles. The molecule has 1 atom stereocenters. The van der Waals surface area contributed by atoms with Crippen molar-refractivity contribution < 1.29 is 14.3 Å². The molecule has 0 saturated carbocycles. The van der Waals surface area contributed by atoms with Crippen LogP contribution in [-0.4, -0.2) is 28.2 Å². The number of anilines is 1. The molecule has 2 aromatic carbocycles. The molecule has 7 nitrogen and oxygen atoms in total. The average Bonchev–Trinajstić information content (AvgIpc) is 2.64. The van der Waals surface area contributed by atoms with Gasteiger partial charge in [0, 0.05) is 16.1 Å². The van der Waals surface area contributed by atoms with Crippen molar-refractivity contribution in [3.05, 3.63) is 69.6 Å². The molecule has 0 spiro atoms. The lowest BCUT2D eigenvalue weighted by Crippen LogP contribution is -2.30. The lowest BCUT2D eigenvalue weighted by Gasteiger charge is -2.14. The smallest absolute Gasteiger partial charge is 0.312 e. The predicted octanol–water partition coefficient (Wildman–Crippen LogP) is 2.69. The molecule has 1 aromatic heterocycles. The molecule has 3 aromatic rings. The SMILES string of the molecule is CC(OC(=O)Cc1n[nH]c(=O)c2ccccc12)C(=O)Nc1cccc(Cl)c1. The van der Waals surface area contributed by atoms with Gasteiger partial charge in [0.2, 0.25) is 0 Å². The van der Waals surface area contributed by atoms with Crippen molar-refractivity contribution in [1.29, 1.82) is 0 Å². The van der Waals surface area contributed by atoms with Gasteiger partial charge in [0.15, 0.2) is 6.10 Å². The molecule has 27 heavy (non-hydrogen) atoms. The van der Waals surface area contributed by atoms with Crippen molar-refractivity contribution in [2.75, 3.05) is 5.32 Å². The van der Waals surface area contributed by atoms with Gasteiger partial charge in [-0.2, -0.15) is 5.10 Å². The highest BCUT2D eigenvalue weighted by Gasteiger charge is 2.19. The Balaban J connectivity index is 1.66. The Morgan fingerprint density at radius 3 is 2.67 bits per heavy atom. The number of benzene rings is 2. The number of halogens is 1. The monoisotopic (exact) mass is 385 g/mol. The van der Waals surface area contributed by atoms with E-state index in [0.717, 1.165) is 0 Å². The van der Waals surface area contributed by atoms with E-state index in [1.165, 1.54) is 6.92 Å². The summed E-state index contributed by atoms with van der Waals surface area (Å²) in [6, 6.07) is 13.5. The molecule has 8 heteroatoms. The Labute approximate surface area is 159 Å². The summed E-state index contributed by atoms with van der Waals surface area (Å²) in [5.74, 6) is -1.11. The fourth-order valence-electron chi connectivity index (χ4n) is 2.55. The standard InChI is InChI=1S/C19H16ClN3O4/c1-11(18(25)21-13-6-4-5-12(20)9-13)27-17(24)10-16-14-7-2-3-8-15(14)19(26)23-22-16/h2-9,11H,10H2,1H3,(H,21,25)(H,23,26). The molecule has 2 N–H and O–H groups in total. The van der Waals surface area contributed by atoms with E-state index in [0.29, 0.717) is 27.2 Å². The van der Waals surface area contributed by atoms with E-state index in [2.05, 4.69) is 15.5 Å². The van der Waals surface area contributed by atoms with Crippen LogP contribution in [0.2, 0.25) is 5.02 Å². The first kappa shape index (κ1) is 18.6. The number of H-pyrrole nitrogens is 1. The third-order valence-electron chi connectivity index (χ3n) is 3.86. The molecule has 3 rings (SSSR count). The Bertz CT molecular complexity index is 1060. The maximum Gasteiger partial charge on any atom is 0.312 e. The minimum Gasteiger partial charge on any atom is -0.452 e. The van der Waals surface area contributed by atoms with Crippen molar-refractivity contribution in [3.8, 4) is 0 Å². The summed E-state index contributed by atoms with van der Waals surface area (Å²) in [6.45, 7) is 1.47. The second kappa shape index (κ2) is 8.01. The number of ether oxygens (including phenoxy) is 1. The molecule has 0 radical (unpaired) electrons. The van der Waals surface area contributed by atoms with Crippen molar-refractivity contribution in [2.45, 2.75) is 19.4 Å². The quantitative estimate of drug-likeness (QED) is 0.657. The van der Waals surface area contributed by atoms with Crippen LogP contribution in [0.5, 0.6) is 0 Å². The van der Waals surface area contributed by atoms with E-state index in [1.807, 2.05) is 0 Å². The molecule has 0 fully saturated rings. The van der Waals surface area contributed by atoms with Crippen molar-refractivity contribution in [3.63, 3.8) is 0 Å². The van der Waals surface area contributed by atoms with Gasteiger partial charge in [0.1, 0.15) is 0 Å². The topological polar surface area (TPSA) is 101 Å². The van der Waals surface area contributed by atoms with E-state index in [9.17, 15) is 14.4 Å². The first-order valence-electron chi connectivity index (χ1n) is 8.16. The molecule has 0 aliphatic rings. The fourth-order valence-corrected chi connectivity index (χ4v) is 2.74. The zero-order chi connectivity index (χ0) is 19.4. The van der Waals surface area contributed by atoms with Crippen LogP contribution < -0.4 is 10.9 Å². The number of carbonyl (C=O) groups excluding carboxylic acids is 2. The predicted molar refractivity (Wildman–Crippen MR) is 102 cm³/mol. The highest BCUT2D eigenvalue weighted by Crippen LogP contribution is 2.16. The minimum atomic E-state index is -1.01. The van der Waals surface area contributed by atoms with Gasteiger partial charge in [0.05, 0.1) is 17.5 Å². The number of aromatic nitrogens is 2. The number of amides is 1. The number of fused-ring (bicyclic) bond motifs is 1. The van der Waals surface area contributed by atoms with Crippen molar-refractivity contribution in [2.24, 2.45) is 0 Å². The van der Waals surface area contributed by atoms with Gasteiger partial charge in [-0.05, 0) is 31.2 Å². The van der Waals surface area contributed by atoms with Crippen molar-refractivity contribution >= 4 is 39.9 Å². The Hall–Kier alpha value is -3.19. The molecular formula is C19H16ClN3O4. The molecule has 0 bridgehead atoms. The van der Waals surface area contributed by atoms with Crippen LogP contribution in [0.3, 0.4) is 0 Å². The van der Waals surface area contributed by atoms with E-state index in [-0.39, 0.29) is 12.0 Å². The highest BCUT2D eigenvalue weighted by molar-refractivity contribution is 6.30. The third-order valence-corrected chi connectivity index (χ3v) is 4.09. The number of nitrogens with one attached hydrogen (secondary N) is 2. The van der Waals surface area contributed by atoms with E-state index >= 15 is 0 Å². The first-order valence-corrected chi connectivity index (χ1v) is 8.54. The van der Waals surface area contributed by atoms with Gasteiger partial charge < -0.3 is 10.1 Å². The summed E-state index contributed by atoms with van der Waals surface area (Å²) in [4.78, 5) is 36.2. The number of hydrogen-bond donors (Lipinski definition) is 2. The summed E-state index contributed by atoms with van der Waals surface area (Å²) >= 11 is 5.87. The van der Waals surface area contributed by atoms with E-state index in [1.54, 1.807) is 48.5 Å². The summed E-state index contributed by atoms with van der Waals surface area (Å²) in [6.07, 6.45) is -1.18. The zero-order valence-electron chi connectivity index (χ0n) is 14.4. The normalized spacial score (nSPS) is 11.8. The van der Waals surface area contributed by atoms with Gasteiger partial charge in [0.25, 0.3) is 11.5 Å². The van der Waals surface area contributed by atoms with Gasteiger partial charge in [-0.1, -0.05) is 35.9 Å². The fraction of sp³-hybridized carbons (Fsp3) is 0.158. The molecular weight excluding hydrogens is 370 g/mol. The van der Waals surface area contributed by atoms with Crippen LogP contribution in [0.1, 0.15) is 12.6 Å². The lowest BCUT2D eigenvalue weighted by atomic mass is 10.1. The number of aromatic amines is 1. The molecule has 0 aliphatic carbocycles. The zero-order valence-corrected chi connectivity index (χ0v) is 15.1. The molecule has 0 aliphatic heterocycles. The highest BCUT2D eigenvalue weighted by atomic mass is 35.5. The van der Waals surface area contributed by atoms with E-state index < -0.39 is 18.0 Å². The van der Waals surface area contributed by atoms with Gasteiger partial charge in [-0.3, -0.25) is 14.4 Å².